The van der Waals surface area contributed by atoms with Crippen molar-refractivity contribution < 1.29 is 5.11 Å². The van der Waals surface area contributed by atoms with Crippen LogP contribution >= 0.6 is 23.2 Å². The van der Waals surface area contributed by atoms with Gasteiger partial charge in [-0.25, -0.2) is 4.98 Å². The largest absolute Gasteiger partial charge is 0.504 e. The molecule has 24 heavy (non-hydrogen) atoms. The molecule has 2 aromatic rings. The highest BCUT2D eigenvalue weighted by molar-refractivity contribution is 6.39. The first-order valence-corrected chi connectivity index (χ1v) is 9.11. The second kappa shape index (κ2) is 7.30. The van der Waals surface area contributed by atoms with Gasteiger partial charge in [-0.2, -0.15) is 0 Å². The zero-order valence-corrected chi connectivity index (χ0v) is 15.2. The average Bonchev–Trinajstić information content (AvgIpc) is 2.56. The number of hydrogen-bond acceptors (Lipinski definition) is 4. The first-order chi connectivity index (χ1) is 11.5. The highest BCUT2D eigenvalue weighted by Crippen LogP contribution is 2.34. The molecule has 0 saturated carbocycles. The number of benzene rings is 1. The summed E-state index contributed by atoms with van der Waals surface area (Å²) in [6.07, 6.45) is 4.38. The summed E-state index contributed by atoms with van der Waals surface area (Å²) in [6.45, 7) is 5.19. The van der Waals surface area contributed by atoms with Gasteiger partial charge in [-0.15, -0.1) is 0 Å². The van der Waals surface area contributed by atoms with Crippen LogP contribution in [0.1, 0.15) is 38.4 Å². The number of halogens is 2. The summed E-state index contributed by atoms with van der Waals surface area (Å²) in [7, 11) is 0. The molecule has 1 aliphatic rings. The lowest BCUT2D eigenvalue weighted by Gasteiger charge is -2.27. The standard InChI is InChI=1S/C17H21Cl2N3O2/c1-2-6-22-13(10-21-7-4-3-5-8-21)20-15-14(17(22)24)11(18)9-12(19)16(15)23/h9,23H,2-8,10H2,1H3. The van der Waals surface area contributed by atoms with E-state index in [0.717, 1.165) is 32.4 Å². The molecule has 2 heterocycles. The third-order valence-corrected chi connectivity index (χ3v) is 5.04. The number of phenols is 1. The Labute approximate surface area is 150 Å². The van der Waals surface area contributed by atoms with Crippen molar-refractivity contribution in [1.82, 2.24) is 14.5 Å². The van der Waals surface area contributed by atoms with E-state index in [4.69, 9.17) is 23.2 Å². The second-order valence-electron chi connectivity index (χ2n) is 6.23. The van der Waals surface area contributed by atoms with Crippen molar-refractivity contribution in [3.63, 3.8) is 0 Å². The summed E-state index contributed by atoms with van der Waals surface area (Å²) in [6, 6.07) is 1.39. The van der Waals surface area contributed by atoms with Crippen LogP contribution in [0.3, 0.4) is 0 Å². The van der Waals surface area contributed by atoms with Gasteiger partial charge < -0.3 is 5.11 Å². The van der Waals surface area contributed by atoms with Crippen LogP contribution in [-0.2, 0) is 13.1 Å². The van der Waals surface area contributed by atoms with Crippen LogP contribution in [0.15, 0.2) is 10.9 Å². The fraction of sp³-hybridized carbons (Fsp3) is 0.529. The van der Waals surface area contributed by atoms with Crippen LogP contribution in [-0.4, -0.2) is 32.6 Å². The van der Waals surface area contributed by atoms with E-state index >= 15 is 0 Å². The molecule has 0 spiro atoms. The Morgan fingerprint density at radius 3 is 2.58 bits per heavy atom. The minimum atomic E-state index is -0.217. The van der Waals surface area contributed by atoms with Crippen LogP contribution in [0, 0.1) is 0 Å². The highest BCUT2D eigenvalue weighted by atomic mass is 35.5. The molecule has 0 radical (unpaired) electrons. The highest BCUT2D eigenvalue weighted by Gasteiger charge is 2.20. The SMILES string of the molecule is CCCn1c(CN2CCCCC2)nc2c(O)c(Cl)cc(Cl)c2c1=O. The Hall–Kier alpha value is -1.30. The second-order valence-corrected chi connectivity index (χ2v) is 7.05. The first kappa shape index (κ1) is 17.5. The Morgan fingerprint density at radius 1 is 1.21 bits per heavy atom. The van der Waals surface area contributed by atoms with Crippen molar-refractivity contribution in [2.24, 2.45) is 0 Å². The molecule has 0 aliphatic carbocycles. The van der Waals surface area contributed by atoms with Gasteiger partial charge in [0.25, 0.3) is 5.56 Å². The lowest BCUT2D eigenvalue weighted by molar-refractivity contribution is 0.212. The predicted molar refractivity (Wildman–Crippen MR) is 97.1 cm³/mol. The summed E-state index contributed by atoms with van der Waals surface area (Å²) >= 11 is 12.2. The molecule has 1 N–H and O–H groups in total. The normalized spacial score (nSPS) is 16.0. The minimum Gasteiger partial charge on any atom is -0.504 e. The third-order valence-electron chi connectivity index (χ3n) is 4.45. The van der Waals surface area contributed by atoms with E-state index in [1.54, 1.807) is 4.57 Å². The number of rotatable bonds is 4. The van der Waals surface area contributed by atoms with Gasteiger partial charge in [0.2, 0.25) is 0 Å². The zero-order valence-electron chi connectivity index (χ0n) is 13.7. The molecule has 0 bridgehead atoms. The van der Waals surface area contributed by atoms with E-state index < -0.39 is 0 Å². The van der Waals surface area contributed by atoms with Crippen LogP contribution in [0.25, 0.3) is 10.9 Å². The van der Waals surface area contributed by atoms with Crippen molar-refractivity contribution >= 4 is 34.1 Å². The third kappa shape index (κ3) is 3.25. The number of phenolic OH excluding ortho intramolecular Hbond substituents is 1. The van der Waals surface area contributed by atoms with E-state index in [9.17, 15) is 9.90 Å². The molecule has 1 aromatic carbocycles. The summed E-state index contributed by atoms with van der Waals surface area (Å²) in [5.74, 6) is 0.474. The van der Waals surface area contributed by atoms with Crippen molar-refractivity contribution in [3.8, 4) is 5.75 Å². The molecular formula is C17H21Cl2N3O2. The van der Waals surface area contributed by atoms with E-state index in [2.05, 4.69) is 9.88 Å². The number of aromatic nitrogens is 2. The summed E-state index contributed by atoms with van der Waals surface area (Å²) < 4.78 is 1.68. The molecule has 7 heteroatoms. The lowest BCUT2D eigenvalue weighted by atomic mass is 10.1. The maximum atomic E-state index is 12.9. The average molecular weight is 370 g/mol. The van der Waals surface area contributed by atoms with Gasteiger partial charge in [-0.05, 0) is 38.4 Å². The Morgan fingerprint density at radius 2 is 1.92 bits per heavy atom. The summed E-state index contributed by atoms with van der Waals surface area (Å²) in [4.78, 5) is 19.8. The van der Waals surface area contributed by atoms with Crippen LogP contribution in [0.5, 0.6) is 5.75 Å². The molecule has 0 atom stereocenters. The van der Waals surface area contributed by atoms with E-state index in [1.165, 1.54) is 12.5 Å². The van der Waals surface area contributed by atoms with E-state index in [0.29, 0.717) is 18.9 Å². The van der Waals surface area contributed by atoms with Gasteiger partial charge in [-0.1, -0.05) is 36.5 Å². The van der Waals surface area contributed by atoms with Gasteiger partial charge in [0.05, 0.1) is 22.0 Å². The van der Waals surface area contributed by atoms with Gasteiger partial charge in [0, 0.05) is 6.54 Å². The Balaban J connectivity index is 2.17. The smallest absolute Gasteiger partial charge is 0.263 e. The summed E-state index contributed by atoms with van der Waals surface area (Å²) in [5, 5.41) is 10.8. The number of nitrogens with zero attached hydrogens (tertiary/aromatic N) is 3. The molecule has 1 saturated heterocycles. The van der Waals surface area contributed by atoms with Crippen molar-refractivity contribution in [3.05, 3.63) is 32.3 Å². The van der Waals surface area contributed by atoms with E-state index in [-0.39, 0.29) is 32.3 Å². The van der Waals surface area contributed by atoms with Gasteiger partial charge in [0.1, 0.15) is 11.3 Å². The predicted octanol–water partition coefficient (Wildman–Crippen LogP) is 3.80. The van der Waals surface area contributed by atoms with Gasteiger partial charge in [-0.3, -0.25) is 14.3 Å². The number of likely N-dealkylation sites (tertiary alicyclic amines) is 1. The van der Waals surface area contributed by atoms with Crippen molar-refractivity contribution in [2.45, 2.75) is 45.7 Å². The summed E-state index contributed by atoms with van der Waals surface area (Å²) in [5.41, 5.74) is -0.0253. The molecule has 1 aromatic heterocycles. The number of aromatic hydroxyl groups is 1. The number of piperidine rings is 1. The number of hydrogen-bond donors (Lipinski definition) is 1. The van der Waals surface area contributed by atoms with Crippen LogP contribution < -0.4 is 5.56 Å². The maximum absolute atomic E-state index is 12.9. The Kier molecular flexibility index (Phi) is 5.33. The molecule has 3 rings (SSSR count). The molecule has 0 amide bonds. The van der Waals surface area contributed by atoms with E-state index in [1.807, 2.05) is 6.92 Å². The van der Waals surface area contributed by atoms with Crippen LogP contribution in [0.4, 0.5) is 0 Å². The Bertz CT molecular complexity index is 814. The number of fused-ring (bicyclic) bond motifs is 1. The first-order valence-electron chi connectivity index (χ1n) is 8.35. The quantitative estimate of drug-likeness (QED) is 0.889. The van der Waals surface area contributed by atoms with Crippen molar-refractivity contribution in [1.29, 1.82) is 0 Å². The zero-order chi connectivity index (χ0) is 17.3. The molecular weight excluding hydrogens is 349 g/mol. The fourth-order valence-electron chi connectivity index (χ4n) is 3.24. The topological polar surface area (TPSA) is 58.4 Å². The monoisotopic (exact) mass is 369 g/mol. The maximum Gasteiger partial charge on any atom is 0.263 e. The molecule has 0 unspecified atom stereocenters. The molecule has 5 nitrogen and oxygen atoms in total. The van der Waals surface area contributed by atoms with Gasteiger partial charge in [0.15, 0.2) is 5.75 Å². The van der Waals surface area contributed by atoms with Crippen LogP contribution in [0.2, 0.25) is 10.0 Å². The molecule has 1 aliphatic heterocycles. The molecule has 130 valence electrons. The fourth-order valence-corrected chi connectivity index (χ4v) is 3.78. The van der Waals surface area contributed by atoms with Crippen molar-refractivity contribution in [2.75, 3.05) is 13.1 Å². The minimum absolute atomic E-state index is 0.108. The molecule has 1 fully saturated rings. The lowest BCUT2D eigenvalue weighted by Crippen LogP contribution is -2.34. The van der Waals surface area contributed by atoms with Gasteiger partial charge >= 0.3 is 0 Å².